The summed E-state index contributed by atoms with van der Waals surface area (Å²) in [5, 5.41) is 9.27. The molecule has 0 spiro atoms. The molecule has 0 bridgehead atoms. The van der Waals surface area contributed by atoms with Crippen LogP contribution in [0.3, 0.4) is 0 Å². The van der Waals surface area contributed by atoms with Crippen molar-refractivity contribution < 1.29 is 14.1 Å². The molecule has 1 aromatic carbocycles. The Kier molecular flexibility index (Phi) is 5.02. The molecule has 2 aromatic rings. The molecule has 3 amide bonds. The minimum Gasteiger partial charge on any atom is -0.361 e. The molecule has 1 fully saturated rings. The van der Waals surface area contributed by atoms with Gasteiger partial charge >= 0.3 is 6.03 Å². The maximum absolute atomic E-state index is 12.7. The third-order valence-corrected chi connectivity index (χ3v) is 4.20. The van der Waals surface area contributed by atoms with E-state index in [2.05, 4.69) is 15.8 Å². The van der Waals surface area contributed by atoms with Gasteiger partial charge in [-0.25, -0.2) is 4.79 Å². The number of carbonyl (C=O) groups is 2. The molecule has 2 heterocycles. The highest BCUT2D eigenvalue weighted by molar-refractivity contribution is 5.99. The molecule has 2 N–H and O–H groups in total. The predicted octanol–water partition coefficient (Wildman–Crippen LogP) is 2.29. The molecule has 0 saturated carbocycles. The molecular weight excluding hydrogens is 320 g/mol. The summed E-state index contributed by atoms with van der Waals surface area (Å²) in [4.78, 5) is 26.5. The topological polar surface area (TPSA) is 87.5 Å². The Morgan fingerprint density at radius 3 is 2.76 bits per heavy atom. The number of hydrogen-bond acceptors (Lipinski definition) is 4. The zero-order valence-electron chi connectivity index (χ0n) is 14.4. The maximum atomic E-state index is 12.7. The molecule has 3 rings (SSSR count). The van der Waals surface area contributed by atoms with Crippen LogP contribution in [0.5, 0.6) is 0 Å². The van der Waals surface area contributed by atoms with Gasteiger partial charge in [-0.1, -0.05) is 22.9 Å². The number of amides is 3. The van der Waals surface area contributed by atoms with Gasteiger partial charge in [0.25, 0.3) is 0 Å². The number of rotatable bonds is 4. The lowest BCUT2D eigenvalue weighted by molar-refractivity contribution is -0.121. The molecule has 1 saturated heterocycles. The van der Waals surface area contributed by atoms with E-state index >= 15 is 0 Å². The van der Waals surface area contributed by atoms with Crippen LogP contribution in [-0.2, 0) is 11.3 Å². The van der Waals surface area contributed by atoms with E-state index in [-0.39, 0.29) is 18.5 Å². The van der Waals surface area contributed by atoms with Gasteiger partial charge in [-0.15, -0.1) is 0 Å². The number of aromatic nitrogens is 1. The van der Waals surface area contributed by atoms with Crippen molar-refractivity contribution in [2.24, 2.45) is 0 Å². The van der Waals surface area contributed by atoms with E-state index < -0.39 is 6.04 Å². The summed E-state index contributed by atoms with van der Waals surface area (Å²) >= 11 is 0. The first-order valence-corrected chi connectivity index (χ1v) is 8.37. The van der Waals surface area contributed by atoms with E-state index in [1.54, 1.807) is 17.9 Å². The van der Waals surface area contributed by atoms with E-state index in [4.69, 9.17) is 4.52 Å². The Hall–Kier alpha value is -2.83. The lowest BCUT2D eigenvalue weighted by Gasteiger charge is -2.32. The smallest absolute Gasteiger partial charge is 0.315 e. The zero-order valence-corrected chi connectivity index (χ0v) is 14.4. The summed E-state index contributed by atoms with van der Waals surface area (Å²) in [7, 11) is 0. The second-order valence-corrected chi connectivity index (χ2v) is 6.28. The highest BCUT2D eigenvalue weighted by atomic mass is 16.5. The van der Waals surface area contributed by atoms with Crippen LogP contribution in [-0.4, -0.2) is 29.7 Å². The molecule has 0 unspecified atom stereocenters. The fourth-order valence-electron chi connectivity index (χ4n) is 2.87. The Bertz CT molecular complexity index is 754. The van der Waals surface area contributed by atoms with Gasteiger partial charge in [0.1, 0.15) is 17.5 Å². The monoisotopic (exact) mass is 342 g/mol. The van der Waals surface area contributed by atoms with Crippen molar-refractivity contribution in [3.8, 4) is 0 Å². The van der Waals surface area contributed by atoms with Crippen molar-refractivity contribution in [1.82, 2.24) is 15.8 Å². The minimum atomic E-state index is -0.519. The first-order valence-electron chi connectivity index (χ1n) is 8.37. The van der Waals surface area contributed by atoms with Gasteiger partial charge in [-0.3, -0.25) is 4.79 Å². The summed E-state index contributed by atoms with van der Waals surface area (Å²) in [6.07, 6.45) is 1.48. The average Bonchev–Trinajstić information content (AvgIpc) is 3.01. The number of piperidine rings is 1. The second kappa shape index (κ2) is 7.38. The van der Waals surface area contributed by atoms with Crippen molar-refractivity contribution in [3.63, 3.8) is 0 Å². The number of hydrogen-bond donors (Lipinski definition) is 2. The van der Waals surface area contributed by atoms with Crippen LogP contribution < -0.4 is 15.5 Å². The summed E-state index contributed by atoms with van der Waals surface area (Å²) in [5.74, 6) is 0.607. The molecular formula is C18H22N4O3. The highest BCUT2D eigenvalue weighted by Crippen LogP contribution is 2.21. The van der Waals surface area contributed by atoms with E-state index in [1.807, 2.05) is 31.2 Å². The predicted molar refractivity (Wildman–Crippen MR) is 93.2 cm³/mol. The number of aryl methyl sites for hydroxylation is 2. The van der Waals surface area contributed by atoms with Gasteiger partial charge in [0.2, 0.25) is 5.91 Å². The first kappa shape index (κ1) is 17.0. The lowest BCUT2D eigenvalue weighted by Crippen LogP contribution is -2.54. The fourth-order valence-corrected chi connectivity index (χ4v) is 2.87. The van der Waals surface area contributed by atoms with Gasteiger partial charge in [0, 0.05) is 18.3 Å². The SMILES string of the molecule is Cc1ccc(N2CCC[C@@H](NC(=O)NCc3cc(C)on3)C2=O)cc1. The van der Waals surface area contributed by atoms with Crippen molar-refractivity contribution in [3.05, 3.63) is 47.3 Å². The van der Waals surface area contributed by atoms with Crippen LogP contribution in [0.15, 0.2) is 34.9 Å². The molecule has 0 aliphatic carbocycles. The number of benzene rings is 1. The molecule has 1 aliphatic heterocycles. The number of nitrogens with one attached hydrogen (secondary N) is 2. The molecule has 0 radical (unpaired) electrons. The highest BCUT2D eigenvalue weighted by Gasteiger charge is 2.30. The van der Waals surface area contributed by atoms with Crippen molar-refractivity contribution >= 4 is 17.6 Å². The van der Waals surface area contributed by atoms with Crippen LogP contribution in [0.2, 0.25) is 0 Å². The Morgan fingerprint density at radius 2 is 2.08 bits per heavy atom. The van der Waals surface area contributed by atoms with Crippen LogP contribution in [0, 0.1) is 13.8 Å². The molecule has 25 heavy (non-hydrogen) atoms. The third kappa shape index (κ3) is 4.17. The normalized spacial score (nSPS) is 17.4. The van der Waals surface area contributed by atoms with Crippen LogP contribution in [0.1, 0.15) is 29.9 Å². The van der Waals surface area contributed by atoms with Gasteiger partial charge in [-0.05, 0) is 38.8 Å². The van der Waals surface area contributed by atoms with Crippen molar-refractivity contribution in [2.75, 3.05) is 11.4 Å². The molecule has 7 nitrogen and oxygen atoms in total. The quantitative estimate of drug-likeness (QED) is 0.892. The van der Waals surface area contributed by atoms with Gasteiger partial charge in [-0.2, -0.15) is 0 Å². The molecule has 7 heteroatoms. The number of urea groups is 1. The number of nitrogens with zero attached hydrogens (tertiary/aromatic N) is 2. The number of anilines is 1. The summed E-state index contributed by atoms with van der Waals surface area (Å²) in [6, 6.07) is 8.67. The summed E-state index contributed by atoms with van der Waals surface area (Å²) in [5.41, 5.74) is 2.65. The van der Waals surface area contributed by atoms with E-state index in [0.29, 0.717) is 24.4 Å². The van der Waals surface area contributed by atoms with E-state index in [9.17, 15) is 9.59 Å². The van der Waals surface area contributed by atoms with E-state index in [0.717, 1.165) is 17.7 Å². The van der Waals surface area contributed by atoms with Crippen molar-refractivity contribution in [1.29, 1.82) is 0 Å². The number of carbonyl (C=O) groups excluding carboxylic acids is 2. The Morgan fingerprint density at radius 1 is 1.32 bits per heavy atom. The fraction of sp³-hybridized carbons (Fsp3) is 0.389. The van der Waals surface area contributed by atoms with Gasteiger partial charge in [0.05, 0.1) is 6.54 Å². The largest absolute Gasteiger partial charge is 0.361 e. The third-order valence-electron chi connectivity index (χ3n) is 4.20. The minimum absolute atomic E-state index is 0.0810. The van der Waals surface area contributed by atoms with Crippen LogP contribution in [0.4, 0.5) is 10.5 Å². The van der Waals surface area contributed by atoms with Crippen molar-refractivity contribution in [2.45, 2.75) is 39.3 Å². The molecule has 1 aromatic heterocycles. The first-order chi connectivity index (χ1) is 12.0. The molecule has 1 atom stereocenters. The standard InChI is InChI=1S/C18H22N4O3/c1-12-5-7-15(8-6-12)22-9-3-4-16(17(22)23)20-18(24)19-11-14-10-13(2)25-21-14/h5-8,10,16H,3-4,9,11H2,1-2H3,(H2,19,20,24)/t16-/m1/s1. The Labute approximate surface area is 146 Å². The Balaban J connectivity index is 1.57. The zero-order chi connectivity index (χ0) is 17.8. The average molecular weight is 342 g/mol. The second-order valence-electron chi connectivity index (χ2n) is 6.28. The van der Waals surface area contributed by atoms with Gasteiger partial charge in [0.15, 0.2) is 0 Å². The molecule has 1 aliphatic rings. The summed E-state index contributed by atoms with van der Waals surface area (Å²) in [6.45, 7) is 4.72. The lowest BCUT2D eigenvalue weighted by atomic mass is 10.0. The van der Waals surface area contributed by atoms with E-state index in [1.165, 1.54) is 0 Å². The van der Waals surface area contributed by atoms with Gasteiger partial charge < -0.3 is 20.1 Å². The molecule has 132 valence electrons. The maximum Gasteiger partial charge on any atom is 0.315 e. The van der Waals surface area contributed by atoms with Crippen LogP contribution >= 0.6 is 0 Å². The summed E-state index contributed by atoms with van der Waals surface area (Å²) < 4.78 is 4.95. The van der Waals surface area contributed by atoms with Crippen LogP contribution in [0.25, 0.3) is 0 Å².